The summed E-state index contributed by atoms with van der Waals surface area (Å²) < 4.78 is 13.1. The minimum Gasteiger partial charge on any atom is -0.324 e. The van der Waals surface area contributed by atoms with Crippen LogP contribution in [-0.2, 0) is 0 Å². The summed E-state index contributed by atoms with van der Waals surface area (Å²) in [6.45, 7) is 0. The molecule has 98 valence electrons. The zero-order valence-electron chi connectivity index (χ0n) is 9.67. The minimum atomic E-state index is -0.503. The highest BCUT2D eigenvalue weighted by Crippen LogP contribution is 2.32. The molecule has 0 amide bonds. The van der Waals surface area contributed by atoms with E-state index in [1.54, 1.807) is 18.2 Å². The van der Waals surface area contributed by atoms with Gasteiger partial charge in [-0.15, -0.1) is 0 Å². The number of hydrogen-bond donors (Lipinski definition) is 2. The molecular weight excluding hydrogens is 269 g/mol. The van der Waals surface area contributed by atoms with Crippen LogP contribution in [0.5, 0.6) is 0 Å². The number of halogens is 1. The van der Waals surface area contributed by atoms with E-state index < -0.39 is 4.92 Å². The van der Waals surface area contributed by atoms with Gasteiger partial charge in [0.05, 0.1) is 10.6 Å². The smallest absolute Gasteiger partial charge is 0.272 e. The van der Waals surface area contributed by atoms with Crippen molar-refractivity contribution in [2.75, 3.05) is 5.43 Å². The Kier molecular flexibility index (Phi) is 3.98. The molecular formula is C12H10FN3O2S. The van der Waals surface area contributed by atoms with Crippen molar-refractivity contribution in [3.63, 3.8) is 0 Å². The lowest BCUT2D eigenvalue weighted by molar-refractivity contribution is -0.385. The van der Waals surface area contributed by atoms with Gasteiger partial charge in [-0.25, -0.2) is 4.39 Å². The molecule has 0 aliphatic heterocycles. The molecule has 0 fully saturated rings. The highest BCUT2D eigenvalue weighted by Gasteiger charge is 2.10. The molecule has 0 unspecified atom stereocenters. The summed E-state index contributed by atoms with van der Waals surface area (Å²) in [6.07, 6.45) is 0. The Morgan fingerprint density at radius 3 is 2.63 bits per heavy atom. The molecule has 0 saturated carbocycles. The number of benzene rings is 2. The van der Waals surface area contributed by atoms with Crippen molar-refractivity contribution in [3.8, 4) is 0 Å². The lowest BCUT2D eigenvalue weighted by atomic mass is 10.3. The van der Waals surface area contributed by atoms with E-state index in [9.17, 15) is 14.5 Å². The number of nitrogen functional groups attached to an aromatic ring is 1. The topological polar surface area (TPSA) is 81.2 Å². The average Bonchev–Trinajstić information content (AvgIpc) is 2.38. The van der Waals surface area contributed by atoms with Crippen LogP contribution in [0.15, 0.2) is 52.3 Å². The maximum absolute atomic E-state index is 13.1. The Balaban J connectivity index is 2.34. The quantitative estimate of drug-likeness (QED) is 0.510. The van der Waals surface area contributed by atoms with Gasteiger partial charge >= 0.3 is 0 Å². The summed E-state index contributed by atoms with van der Waals surface area (Å²) >= 11 is 1.22. The Morgan fingerprint density at radius 1 is 1.21 bits per heavy atom. The molecule has 7 heteroatoms. The van der Waals surface area contributed by atoms with Crippen molar-refractivity contribution >= 4 is 23.1 Å². The van der Waals surface area contributed by atoms with Crippen LogP contribution in [0.25, 0.3) is 0 Å². The summed E-state index contributed by atoms with van der Waals surface area (Å²) in [5.74, 6) is 4.91. The van der Waals surface area contributed by atoms with Gasteiger partial charge in [-0.1, -0.05) is 17.8 Å². The molecule has 19 heavy (non-hydrogen) atoms. The van der Waals surface area contributed by atoms with Gasteiger partial charge in [-0.05, 0) is 24.3 Å². The summed E-state index contributed by atoms with van der Waals surface area (Å²) in [5, 5.41) is 10.8. The van der Waals surface area contributed by atoms with Gasteiger partial charge in [-0.2, -0.15) is 0 Å². The molecule has 0 aliphatic rings. The molecule has 5 nitrogen and oxygen atoms in total. The molecule has 0 aliphatic carbocycles. The van der Waals surface area contributed by atoms with Crippen molar-refractivity contribution in [2.45, 2.75) is 9.79 Å². The third-order valence-electron chi connectivity index (χ3n) is 2.30. The van der Waals surface area contributed by atoms with Crippen molar-refractivity contribution in [1.82, 2.24) is 0 Å². The number of nitrogens with two attached hydrogens (primary N) is 1. The van der Waals surface area contributed by atoms with Crippen molar-refractivity contribution < 1.29 is 9.31 Å². The van der Waals surface area contributed by atoms with Gasteiger partial charge in [0.1, 0.15) is 5.82 Å². The SMILES string of the molecule is NNc1cc(Sc2cccc(F)c2)cc([N+](=O)[O-])c1. The zero-order chi connectivity index (χ0) is 13.8. The predicted octanol–water partition coefficient (Wildman–Crippen LogP) is 3.17. The molecule has 0 bridgehead atoms. The van der Waals surface area contributed by atoms with Gasteiger partial charge in [0.25, 0.3) is 5.69 Å². The number of nitrogens with one attached hydrogen (secondary N) is 1. The van der Waals surface area contributed by atoms with E-state index in [-0.39, 0.29) is 11.5 Å². The maximum atomic E-state index is 13.1. The number of non-ortho nitro benzene ring substituents is 1. The molecule has 0 aromatic heterocycles. The average molecular weight is 279 g/mol. The van der Waals surface area contributed by atoms with E-state index in [1.807, 2.05) is 0 Å². The first-order chi connectivity index (χ1) is 9.08. The summed E-state index contributed by atoms with van der Waals surface area (Å²) in [6, 6.07) is 10.4. The maximum Gasteiger partial charge on any atom is 0.272 e. The van der Waals surface area contributed by atoms with E-state index in [2.05, 4.69) is 5.43 Å². The van der Waals surface area contributed by atoms with Gasteiger partial charge in [0.2, 0.25) is 0 Å². The lowest BCUT2D eigenvalue weighted by Crippen LogP contribution is -2.07. The molecule has 3 N–H and O–H groups in total. The Labute approximate surface area is 112 Å². The van der Waals surface area contributed by atoms with Crippen LogP contribution in [0.4, 0.5) is 15.8 Å². The van der Waals surface area contributed by atoms with Gasteiger partial charge in [0.15, 0.2) is 0 Å². The molecule has 2 aromatic rings. The summed E-state index contributed by atoms with van der Waals surface area (Å²) in [5.41, 5.74) is 2.72. The second-order valence-electron chi connectivity index (χ2n) is 3.68. The van der Waals surface area contributed by atoms with Gasteiger partial charge in [-0.3, -0.25) is 16.0 Å². The zero-order valence-corrected chi connectivity index (χ0v) is 10.5. The van der Waals surface area contributed by atoms with Crippen molar-refractivity contribution in [3.05, 3.63) is 58.4 Å². The van der Waals surface area contributed by atoms with E-state index in [0.717, 1.165) is 0 Å². The Hall–Kier alpha value is -2.12. The number of anilines is 1. The van der Waals surface area contributed by atoms with E-state index >= 15 is 0 Å². The second kappa shape index (κ2) is 5.68. The van der Waals surface area contributed by atoms with Crippen LogP contribution in [0, 0.1) is 15.9 Å². The number of nitro benzene ring substituents is 1. The molecule has 0 atom stereocenters. The first-order valence-electron chi connectivity index (χ1n) is 5.28. The number of nitrogens with zero attached hydrogens (tertiary/aromatic N) is 1. The lowest BCUT2D eigenvalue weighted by Gasteiger charge is -2.05. The second-order valence-corrected chi connectivity index (χ2v) is 4.82. The van der Waals surface area contributed by atoms with Crippen molar-refractivity contribution in [1.29, 1.82) is 0 Å². The van der Waals surface area contributed by atoms with Crippen LogP contribution in [0.2, 0.25) is 0 Å². The Morgan fingerprint density at radius 2 is 2.00 bits per heavy atom. The normalized spacial score (nSPS) is 10.2. The first-order valence-corrected chi connectivity index (χ1v) is 6.09. The van der Waals surface area contributed by atoms with Crippen LogP contribution in [0.1, 0.15) is 0 Å². The van der Waals surface area contributed by atoms with Crippen LogP contribution in [0.3, 0.4) is 0 Å². The van der Waals surface area contributed by atoms with Crippen LogP contribution < -0.4 is 11.3 Å². The van der Waals surface area contributed by atoms with Crippen LogP contribution in [-0.4, -0.2) is 4.92 Å². The molecule has 2 rings (SSSR count). The van der Waals surface area contributed by atoms with Gasteiger partial charge < -0.3 is 5.43 Å². The fourth-order valence-corrected chi connectivity index (χ4v) is 2.45. The molecule has 2 aromatic carbocycles. The van der Waals surface area contributed by atoms with E-state index in [1.165, 1.54) is 36.0 Å². The van der Waals surface area contributed by atoms with Crippen molar-refractivity contribution in [2.24, 2.45) is 5.84 Å². The third-order valence-corrected chi connectivity index (χ3v) is 3.26. The standard InChI is InChI=1S/C12H10FN3O2S/c13-8-2-1-3-11(4-8)19-12-6-9(15-14)5-10(7-12)16(17)18/h1-7,15H,14H2. The monoisotopic (exact) mass is 279 g/mol. The largest absolute Gasteiger partial charge is 0.324 e. The van der Waals surface area contributed by atoms with E-state index in [4.69, 9.17) is 5.84 Å². The highest BCUT2D eigenvalue weighted by molar-refractivity contribution is 7.99. The van der Waals surface area contributed by atoms with Crippen LogP contribution >= 0.6 is 11.8 Å². The summed E-state index contributed by atoms with van der Waals surface area (Å²) in [4.78, 5) is 11.6. The molecule has 0 saturated heterocycles. The number of hydrogen-bond acceptors (Lipinski definition) is 5. The molecule has 0 heterocycles. The number of hydrazine groups is 1. The molecule has 0 radical (unpaired) electrons. The fourth-order valence-electron chi connectivity index (χ4n) is 1.50. The number of rotatable bonds is 4. The first kappa shape index (κ1) is 13.3. The minimum absolute atomic E-state index is 0.0747. The highest BCUT2D eigenvalue weighted by atomic mass is 32.2. The number of nitro groups is 1. The summed E-state index contributed by atoms with van der Waals surface area (Å²) in [7, 11) is 0. The van der Waals surface area contributed by atoms with Gasteiger partial charge in [0, 0.05) is 21.9 Å². The van der Waals surface area contributed by atoms with E-state index in [0.29, 0.717) is 15.5 Å². The third kappa shape index (κ3) is 3.43. The molecule has 0 spiro atoms. The fraction of sp³-hybridized carbons (Fsp3) is 0. The Bertz CT molecular complexity index is 622. The predicted molar refractivity (Wildman–Crippen MR) is 71.4 cm³/mol.